The maximum absolute atomic E-state index is 10.6. The number of nitrogens with one attached hydrogen (secondary N) is 1. The summed E-state index contributed by atoms with van der Waals surface area (Å²) in [7, 11) is -4.15. The van der Waals surface area contributed by atoms with Gasteiger partial charge in [-0.25, -0.2) is 5.41 Å². The Morgan fingerprint density at radius 3 is 2.50 bits per heavy atom. The molecular weight excluding hydrogens is 188 g/mol. The molecule has 8 heteroatoms. The van der Waals surface area contributed by atoms with Gasteiger partial charge in [0.05, 0.1) is 6.04 Å². The molecule has 0 atom stereocenters. The van der Waals surface area contributed by atoms with Gasteiger partial charge in [0.2, 0.25) is 0 Å². The van der Waals surface area contributed by atoms with Crippen molar-refractivity contribution in [3.8, 4) is 0 Å². The molecule has 70 valence electrons. The van der Waals surface area contributed by atoms with Crippen molar-refractivity contribution >= 4 is 16.4 Å². The lowest BCUT2D eigenvalue weighted by atomic mass is 10.4. The van der Waals surface area contributed by atoms with Crippen molar-refractivity contribution in [2.75, 3.05) is 0 Å². The summed E-state index contributed by atoms with van der Waals surface area (Å²) in [6.07, 6.45) is 0. The van der Waals surface area contributed by atoms with Crippen LogP contribution in [0.2, 0.25) is 0 Å². The molecule has 0 saturated carbocycles. The fraction of sp³-hybridized carbons (Fsp3) is 0.750. The van der Waals surface area contributed by atoms with E-state index in [1.54, 1.807) is 13.8 Å². The van der Waals surface area contributed by atoms with Crippen LogP contribution in [0.4, 0.5) is 0 Å². The Bertz CT molecular complexity index is 284. The topological polar surface area (TPSA) is 88.9 Å². The van der Waals surface area contributed by atoms with E-state index in [9.17, 15) is 8.42 Å². The quantitative estimate of drug-likeness (QED) is 0.583. The molecule has 1 saturated heterocycles. The average molecular weight is 196 g/mol. The molecule has 1 rings (SSSR count). The predicted molar refractivity (Wildman–Crippen MR) is 36.9 cm³/mol. The molecule has 0 amide bonds. The van der Waals surface area contributed by atoms with Crippen molar-refractivity contribution in [1.82, 2.24) is 5.06 Å². The highest BCUT2D eigenvalue weighted by Crippen LogP contribution is 2.13. The minimum Gasteiger partial charge on any atom is -0.277 e. The summed E-state index contributed by atoms with van der Waals surface area (Å²) in [5.74, 6) is 0. The smallest absolute Gasteiger partial charge is 0.277 e. The molecule has 0 aromatic carbocycles. The summed E-state index contributed by atoms with van der Waals surface area (Å²) >= 11 is 0. The molecule has 1 aliphatic rings. The summed E-state index contributed by atoms with van der Waals surface area (Å²) in [4.78, 5) is 4.06. The number of hydrogen-bond acceptors (Lipinski definition) is 6. The van der Waals surface area contributed by atoms with Crippen LogP contribution in [0.3, 0.4) is 0 Å². The van der Waals surface area contributed by atoms with Gasteiger partial charge in [-0.15, -0.1) is 4.28 Å². The van der Waals surface area contributed by atoms with Crippen LogP contribution in [-0.4, -0.2) is 25.5 Å². The molecule has 0 unspecified atom stereocenters. The molecule has 0 aromatic rings. The van der Waals surface area contributed by atoms with E-state index in [-0.39, 0.29) is 6.04 Å². The lowest BCUT2D eigenvalue weighted by Gasteiger charge is -2.27. The summed E-state index contributed by atoms with van der Waals surface area (Å²) in [5.41, 5.74) is 0. The molecule has 7 nitrogen and oxygen atoms in total. The SMILES string of the molecule is CC(C)N1OS(=O)(=O)OOC1=N. The first kappa shape index (κ1) is 9.23. The van der Waals surface area contributed by atoms with Crippen molar-refractivity contribution in [2.24, 2.45) is 0 Å². The van der Waals surface area contributed by atoms with Gasteiger partial charge < -0.3 is 0 Å². The maximum atomic E-state index is 10.6. The van der Waals surface area contributed by atoms with E-state index in [2.05, 4.69) is 13.5 Å². The van der Waals surface area contributed by atoms with Gasteiger partial charge in [-0.1, -0.05) is 0 Å². The molecule has 1 heterocycles. The molecule has 12 heavy (non-hydrogen) atoms. The van der Waals surface area contributed by atoms with Crippen LogP contribution < -0.4 is 0 Å². The summed E-state index contributed by atoms with van der Waals surface area (Å²) < 4.78 is 29.2. The van der Waals surface area contributed by atoms with Crippen molar-refractivity contribution in [2.45, 2.75) is 19.9 Å². The molecule has 1 aliphatic heterocycles. The molecule has 0 aromatic heterocycles. The molecule has 0 aliphatic carbocycles. The van der Waals surface area contributed by atoms with Crippen molar-refractivity contribution < 1.29 is 21.9 Å². The summed E-state index contributed by atoms with van der Waals surface area (Å²) in [6, 6.07) is -0.823. The van der Waals surface area contributed by atoms with E-state index in [4.69, 9.17) is 5.41 Å². The zero-order valence-electron chi connectivity index (χ0n) is 6.47. The lowest BCUT2D eigenvalue weighted by Crippen LogP contribution is -2.44. The third-order valence-corrected chi connectivity index (χ3v) is 1.61. The molecular formula is C4H8N2O5S. The maximum Gasteiger partial charge on any atom is 0.456 e. The summed E-state index contributed by atoms with van der Waals surface area (Å²) in [5, 5.41) is 7.82. The highest BCUT2D eigenvalue weighted by molar-refractivity contribution is 7.81. The van der Waals surface area contributed by atoms with Crippen LogP contribution in [0.15, 0.2) is 0 Å². The number of hydroxylamine groups is 2. The largest absolute Gasteiger partial charge is 0.456 e. The van der Waals surface area contributed by atoms with Gasteiger partial charge in [-0.05, 0) is 18.2 Å². The van der Waals surface area contributed by atoms with Gasteiger partial charge in [0, 0.05) is 0 Å². The Kier molecular flexibility index (Phi) is 2.22. The van der Waals surface area contributed by atoms with Gasteiger partial charge in [-0.2, -0.15) is 13.5 Å². The number of amidine groups is 1. The van der Waals surface area contributed by atoms with Crippen LogP contribution >= 0.6 is 0 Å². The highest BCUT2D eigenvalue weighted by Gasteiger charge is 2.32. The predicted octanol–water partition coefficient (Wildman–Crippen LogP) is -0.230. The molecule has 0 bridgehead atoms. The molecule has 1 fully saturated rings. The van der Waals surface area contributed by atoms with E-state index in [0.29, 0.717) is 0 Å². The Balaban J connectivity index is 2.80. The second-order valence-corrected chi connectivity index (χ2v) is 3.46. The molecule has 0 radical (unpaired) electrons. The van der Waals surface area contributed by atoms with E-state index in [0.717, 1.165) is 5.06 Å². The highest BCUT2D eigenvalue weighted by atomic mass is 32.3. The Labute approximate surface area is 69.5 Å². The monoisotopic (exact) mass is 196 g/mol. The zero-order valence-corrected chi connectivity index (χ0v) is 7.29. The third kappa shape index (κ3) is 1.84. The normalized spacial score (nSPS) is 22.6. The first-order chi connectivity index (χ1) is 5.42. The zero-order chi connectivity index (χ0) is 9.35. The standard InChI is InChI=1S/C4H8N2O5S/c1-3(2)6-4(5)9-11-12(7,8)10-6/h3,5H,1-2H3. The van der Waals surface area contributed by atoms with E-state index < -0.39 is 16.4 Å². The van der Waals surface area contributed by atoms with Crippen molar-refractivity contribution in [3.05, 3.63) is 0 Å². The van der Waals surface area contributed by atoms with Crippen LogP contribution in [0, 0.1) is 5.41 Å². The van der Waals surface area contributed by atoms with E-state index >= 15 is 0 Å². The van der Waals surface area contributed by atoms with Crippen molar-refractivity contribution in [3.63, 3.8) is 0 Å². The fourth-order valence-electron chi connectivity index (χ4n) is 0.576. The first-order valence-electron chi connectivity index (χ1n) is 3.11. The second kappa shape index (κ2) is 2.88. The van der Waals surface area contributed by atoms with Crippen molar-refractivity contribution in [1.29, 1.82) is 5.41 Å². The minimum atomic E-state index is -4.15. The van der Waals surface area contributed by atoms with E-state index in [1.165, 1.54) is 0 Å². The number of hydrogen-bond donors (Lipinski definition) is 1. The Morgan fingerprint density at radius 2 is 2.08 bits per heavy atom. The van der Waals surface area contributed by atoms with Gasteiger partial charge in [0.25, 0.3) is 0 Å². The van der Waals surface area contributed by atoms with Gasteiger partial charge >= 0.3 is 16.4 Å². The van der Waals surface area contributed by atoms with E-state index in [1.807, 2.05) is 0 Å². The molecule has 1 N–H and O–H groups in total. The number of nitrogens with zero attached hydrogens (tertiary/aromatic N) is 1. The first-order valence-corrected chi connectivity index (χ1v) is 4.44. The third-order valence-electron chi connectivity index (χ3n) is 1.04. The van der Waals surface area contributed by atoms with Gasteiger partial charge in [0.1, 0.15) is 0 Å². The minimum absolute atomic E-state index is 0.323. The Hall–Kier alpha value is -0.860. The van der Waals surface area contributed by atoms with Gasteiger partial charge in [-0.3, -0.25) is 4.89 Å². The second-order valence-electron chi connectivity index (χ2n) is 2.36. The summed E-state index contributed by atoms with van der Waals surface area (Å²) in [6.45, 7) is 3.28. The van der Waals surface area contributed by atoms with Crippen LogP contribution in [0.25, 0.3) is 0 Å². The average Bonchev–Trinajstić information content (AvgIpc) is 1.94. The van der Waals surface area contributed by atoms with Crippen LogP contribution in [0.1, 0.15) is 13.8 Å². The van der Waals surface area contributed by atoms with Crippen LogP contribution in [0.5, 0.6) is 0 Å². The molecule has 0 spiro atoms. The van der Waals surface area contributed by atoms with Gasteiger partial charge in [0.15, 0.2) is 0 Å². The lowest BCUT2D eigenvalue weighted by molar-refractivity contribution is -0.210. The number of rotatable bonds is 1. The Morgan fingerprint density at radius 1 is 1.50 bits per heavy atom. The van der Waals surface area contributed by atoms with Crippen LogP contribution in [-0.2, 0) is 23.9 Å². The fourth-order valence-corrected chi connectivity index (χ4v) is 1.18.